The minimum absolute atomic E-state index is 0.584. The standard InChI is InChI=1S/C10H13N3OS/c1-6-4-11-9(14-6)5-12-10-13-7(2)8(3)15-10/h4H,5H2,1-3H3,(H,12,13). The number of rotatable bonds is 3. The fourth-order valence-electron chi connectivity index (χ4n) is 1.18. The third-order valence-corrected chi connectivity index (χ3v) is 3.12. The Morgan fingerprint density at radius 2 is 2.20 bits per heavy atom. The summed E-state index contributed by atoms with van der Waals surface area (Å²) in [4.78, 5) is 9.71. The van der Waals surface area contributed by atoms with Crippen molar-refractivity contribution < 1.29 is 4.42 Å². The molecule has 0 bridgehead atoms. The van der Waals surface area contributed by atoms with Crippen molar-refractivity contribution in [2.75, 3.05) is 5.32 Å². The van der Waals surface area contributed by atoms with Crippen LogP contribution < -0.4 is 5.32 Å². The van der Waals surface area contributed by atoms with Crippen LogP contribution in [0.15, 0.2) is 10.6 Å². The van der Waals surface area contributed by atoms with E-state index in [0.717, 1.165) is 16.6 Å². The van der Waals surface area contributed by atoms with Gasteiger partial charge in [0, 0.05) is 4.88 Å². The predicted octanol–water partition coefficient (Wildman–Crippen LogP) is 2.67. The lowest BCUT2D eigenvalue weighted by molar-refractivity contribution is 0.479. The molecular weight excluding hydrogens is 210 g/mol. The van der Waals surface area contributed by atoms with E-state index >= 15 is 0 Å². The highest BCUT2D eigenvalue weighted by Gasteiger charge is 2.04. The number of thiazole rings is 1. The number of aromatic nitrogens is 2. The normalized spacial score (nSPS) is 10.6. The smallest absolute Gasteiger partial charge is 0.213 e. The lowest BCUT2D eigenvalue weighted by atomic mass is 10.4. The number of nitrogens with zero attached hydrogens (tertiary/aromatic N) is 2. The van der Waals surface area contributed by atoms with Gasteiger partial charge < -0.3 is 9.73 Å². The zero-order valence-corrected chi connectivity index (χ0v) is 9.81. The first-order valence-electron chi connectivity index (χ1n) is 4.74. The zero-order valence-electron chi connectivity index (χ0n) is 9.00. The molecule has 15 heavy (non-hydrogen) atoms. The molecule has 1 N–H and O–H groups in total. The van der Waals surface area contributed by atoms with Crippen LogP contribution in [-0.2, 0) is 6.54 Å². The lowest BCUT2D eigenvalue weighted by Gasteiger charge is -1.96. The largest absolute Gasteiger partial charge is 0.444 e. The molecule has 0 saturated heterocycles. The Kier molecular flexibility index (Phi) is 2.73. The van der Waals surface area contributed by atoms with Crippen LogP contribution >= 0.6 is 11.3 Å². The summed E-state index contributed by atoms with van der Waals surface area (Å²) in [6.45, 7) is 6.54. The number of nitrogens with one attached hydrogen (secondary N) is 1. The molecular formula is C10H13N3OS. The Morgan fingerprint density at radius 3 is 2.73 bits per heavy atom. The molecule has 0 unspecified atom stereocenters. The highest BCUT2D eigenvalue weighted by molar-refractivity contribution is 7.15. The number of hydrogen-bond acceptors (Lipinski definition) is 5. The molecule has 2 aromatic heterocycles. The molecule has 0 aromatic carbocycles. The van der Waals surface area contributed by atoms with Gasteiger partial charge in [0.1, 0.15) is 5.76 Å². The molecule has 0 atom stereocenters. The second-order valence-corrected chi connectivity index (χ2v) is 4.58. The van der Waals surface area contributed by atoms with Crippen molar-refractivity contribution in [3.63, 3.8) is 0 Å². The monoisotopic (exact) mass is 223 g/mol. The highest BCUT2D eigenvalue weighted by Crippen LogP contribution is 2.21. The topological polar surface area (TPSA) is 51.0 Å². The van der Waals surface area contributed by atoms with Crippen LogP contribution in [0.2, 0.25) is 0 Å². The van der Waals surface area contributed by atoms with E-state index in [4.69, 9.17) is 4.42 Å². The average molecular weight is 223 g/mol. The second-order valence-electron chi connectivity index (χ2n) is 3.38. The van der Waals surface area contributed by atoms with Crippen LogP contribution in [0, 0.1) is 20.8 Å². The van der Waals surface area contributed by atoms with Gasteiger partial charge in [-0.3, -0.25) is 0 Å². The maximum absolute atomic E-state index is 5.35. The second kappa shape index (κ2) is 4.02. The van der Waals surface area contributed by atoms with Gasteiger partial charge in [0.2, 0.25) is 5.89 Å². The Balaban J connectivity index is 1.99. The SMILES string of the molecule is Cc1cnc(CNc2nc(C)c(C)s2)o1. The number of anilines is 1. The van der Waals surface area contributed by atoms with E-state index in [0.29, 0.717) is 12.4 Å². The summed E-state index contributed by atoms with van der Waals surface area (Å²) in [5, 5.41) is 4.10. The Bertz CT molecular complexity index is 441. The lowest BCUT2D eigenvalue weighted by Crippen LogP contribution is -1.98. The number of hydrogen-bond donors (Lipinski definition) is 1. The Labute approximate surface area is 92.4 Å². The van der Waals surface area contributed by atoms with Gasteiger partial charge in [-0.15, -0.1) is 11.3 Å². The van der Waals surface area contributed by atoms with Crippen molar-refractivity contribution in [1.82, 2.24) is 9.97 Å². The summed E-state index contributed by atoms with van der Waals surface area (Å²) in [5.74, 6) is 1.52. The van der Waals surface area contributed by atoms with Gasteiger partial charge in [0.15, 0.2) is 5.13 Å². The first-order chi connectivity index (χ1) is 7.15. The van der Waals surface area contributed by atoms with E-state index in [1.54, 1.807) is 17.5 Å². The third-order valence-electron chi connectivity index (χ3n) is 2.09. The Morgan fingerprint density at radius 1 is 1.40 bits per heavy atom. The first kappa shape index (κ1) is 10.2. The Hall–Kier alpha value is -1.36. The van der Waals surface area contributed by atoms with Gasteiger partial charge in [-0.2, -0.15) is 0 Å². The summed E-state index contributed by atoms with van der Waals surface area (Å²) in [5.41, 5.74) is 1.08. The molecule has 0 aliphatic rings. The van der Waals surface area contributed by atoms with E-state index in [-0.39, 0.29) is 0 Å². The van der Waals surface area contributed by atoms with Gasteiger partial charge >= 0.3 is 0 Å². The van der Waals surface area contributed by atoms with Crippen LogP contribution in [0.5, 0.6) is 0 Å². The molecule has 80 valence electrons. The van der Waals surface area contributed by atoms with Crippen molar-refractivity contribution >= 4 is 16.5 Å². The summed E-state index contributed by atoms with van der Waals surface area (Å²) in [6, 6.07) is 0. The summed E-state index contributed by atoms with van der Waals surface area (Å²) >= 11 is 1.65. The molecule has 5 heteroatoms. The van der Waals surface area contributed by atoms with Crippen LogP contribution in [0.4, 0.5) is 5.13 Å². The summed E-state index contributed by atoms with van der Waals surface area (Å²) < 4.78 is 5.35. The molecule has 0 radical (unpaired) electrons. The van der Waals surface area contributed by atoms with E-state index < -0.39 is 0 Å². The van der Waals surface area contributed by atoms with Crippen LogP contribution in [0.25, 0.3) is 0 Å². The zero-order chi connectivity index (χ0) is 10.8. The van der Waals surface area contributed by atoms with Gasteiger partial charge in [-0.25, -0.2) is 9.97 Å². The fraction of sp³-hybridized carbons (Fsp3) is 0.400. The number of oxazole rings is 1. The van der Waals surface area contributed by atoms with E-state index in [1.807, 2.05) is 13.8 Å². The van der Waals surface area contributed by atoms with Crippen LogP contribution in [0.1, 0.15) is 22.2 Å². The van der Waals surface area contributed by atoms with E-state index in [9.17, 15) is 0 Å². The molecule has 0 spiro atoms. The van der Waals surface area contributed by atoms with Gasteiger partial charge in [-0.1, -0.05) is 0 Å². The van der Waals surface area contributed by atoms with E-state index in [2.05, 4.69) is 22.2 Å². The van der Waals surface area contributed by atoms with Crippen molar-refractivity contribution in [2.45, 2.75) is 27.3 Å². The predicted molar refractivity (Wildman–Crippen MR) is 60.2 cm³/mol. The molecule has 0 fully saturated rings. The molecule has 2 heterocycles. The van der Waals surface area contributed by atoms with Crippen molar-refractivity contribution in [3.8, 4) is 0 Å². The molecule has 0 amide bonds. The minimum atomic E-state index is 0.584. The maximum Gasteiger partial charge on any atom is 0.213 e. The first-order valence-corrected chi connectivity index (χ1v) is 5.56. The quantitative estimate of drug-likeness (QED) is 0.869. The molecule has 2 aromatic rings. The summed E-state index contributed by atoms with van der Waals surface area (Å²) in [6.07, 6.45) is 1.72. The summed E-state index contributed by atoms with van der Waals surface area (Å²) in [7, 11) is 0. The molecule has 0 saturated carbocycles. The van der Waals surface area contributed by atoms with Gasteiger partial charge in [0.25, 0.3) is 0 Å². The van der Waals surface area contributed by atoms with E-state index in [1.165, 1.54) is 4.88 Å². The maximum atomic E-state index is 5.35. The van der Waals surface area contributed by atoms with Crippen molar-refractivity contribution in [3.05, 3.63) is 28.4 Å². The third kappa shape index (κ3) is 2.36. The molecule has 0 aliphatic heterocycles. The van der Waals surface area contributed by atoms with Gasteiger partial charge in [0.05, 0.1) is 18.4 Å². The minimum Gasteiger partial charge on any atom is -0.444 e. The average Bonchev–Trinajstić information content (AvgIpc) is 2.72. The van der Waals surface area contributed by atoms with Gasteiger partial charge in [-0.05, 0) is 20.8 Å². The molecule has 0 aliphatic carbocycles. The fourth-order valence-corrected chi connectivity index (χ4v) is 1.99. The van der Waals surface area contributed by atoms with Crippen LogP contribution in [0.3, 0.4) is 0 Å². The van der Waals surface area contributed by atoms with Crippen LogP contribution in [-0.4, -0.2) is 9.97 Å². The number of aryl methyl sites for hydroxylation is 3. The van der Waals surface area contributed by atoms with Crippen molar-refractivity contribution in [2.24, 2.45) is 0 Å². The molecule has 2 rings (SSSR count). The highest BCUT2D eigenvalue weighted by atomic mass is 32.1. The van der Waals surface area contributed by atoms with Crippen molar-refractivity contribution in [1.29, 1.82) is 0 Å². The molecule has 4 nitrogen and oxygen atoms in total.